The van der Waals surface area contributed by atoms with Crippen molar-refractivity contribution in [3.63, 3.8) is 0 Å². The molecule has 24 heavy (non-hydrogen) atoms. The molecule has 1 unspecified atom stereocenters. The number of anilines is 1. The van der Waals surface area contributed by atoms with Crippen LogP contribution in [0.1, 0.15) is 17.9 Å². The summed E-state index contributed by atoms with van der Waals surface area (Å²) < 4.78 is 13.1. The first-order valence-electron chi connectivity index (χ1n) is 7.88. The zero-order chi connectivity index (χ0) is 16.5. The van der Waals surface area contributed by atoms with Gasteiger partial charge in [-0.15, -0.1) is 0 Å². The van der Waals surface area contributed by atoms with Crippen molar-refractivity contribution < 1.29 is 9.18 Å². The molecule has 1 fully saturated rings. The Morgan fingerprint density at radius 3 is 2.46 bits per heavy atom. The highest BCUT2D eigenvalue weighted by Gasteiger charge is 2.33. The van der Waals surface area contributed by atoms with E-state index in [1.807, 2.05) is 30.5 Å². The van der Waals surface area contributed by atoms with Gasteiger partial charge in [-0.05, 0) is 41.8 Å². The van der Waals surface area contributed by atoms with Crippen LogP contribution in [0.15, 0.2) is 60.9 Å². The number of carbonyl (C=O) groups is 1. The van der Waals surface area contributed by atoms with Crippen molar-refractivity contribution in [2.24, 2.45) is 0 Å². The Labute approximate surface area is 138 Å². The molecule has 4 nitrogen and oxygen atoms in total. The van der Waals surface area contributed by atoms with Gasteiger partial charge in [-0.1, -0.05) is 24.3 Å². The summed E-state index contributed by atoms with van der Waals surface area (Å²) in [5.74, 6) is -0.410. The molecule has 2 heterocycles. The Morgan fingerprint density at radius 1 is 1.04 bits per heavy atom. The predicted molar refractivity (Wildman–Crippen MR) is 90.1 cm³/mol. The molecule has 2 aromatic carbocycles. The lowest BCUT2D eigenvalue weighted by atomic mass is 9.98. The molecule has 4 rings (SSSR count). The summed E-state index contributed by atoms with van der Waals surface area (Å²) >= 11 is 0. The third-order valence-electron chi connectivity index (χ3n) is 4.49. The lowest BCUT2D eigenvalue weighted by Crippen LogP contribution is -2.26. The van der Waals surface area contributed by atoms with E-state index < -0.39 is 0 Å². The van der Waals surface area contributed by atoms with Gasteiger partial charge >= 0.3 is 0 Å². The Morgan fingerprint density at radius 2 is 1.79 bits per heavy atom. The van der Waals surface area contributed by atoms with E-state index in [-0.39, 0.29) is 17.6 Å². The molecule has 3 aromatic rings. The highest BCUT2D eigenvalue weighted by Crippen LogP contribution is 2.33. The van der Waals surface area contributed by atoms with Gasteiger partial charge in [0.1, 0.15) is 5.82 Å². The first-order valence-corrected chi connectivity index (χ1v) is 7.88. The van der Waals surface area contributed by atoms with Gasteiger partial charge in [0.25, 0.3) is 0 Å². The zero-order valence-electron chi connectivity index (χ0n) is 12.9. The molecule has 120 valence electrons. The third kappa shape index (κ3) is 2.58. The van der Waals surface area contributed by atoms with Crippen molar-refractivity contribution in [2.45, 2.75) is 12.3 Å². The number of hydrogen-bond donors (Lipinski definition) is 1. The van der Waals surface area contributed by atoms with Crippen molar-refractivity contribution in [1.29, 1.82) is 0 Å². The molecule has 1 N–H and O–H groups in total. The maximum absolute atomic E-state index is 13.1. The summed E-state index contributed by atoms with van der Waals surface area (Å²) in [7, 11) is 0. The number of rotatable bonds is 3. The lowest BCUT2D eigenvalue weighted by molar-refractivity contribution is -0.118. The van der Waals surface area contributed by atoms with Crippen molar-refractivity contribution in [2.75, 3.05) is 11.4 Å². The average molecular weight is 321 g/mol. The zero-order valence-corrected chi connectivity index (χ0v) is 12.9. The lowest BCUT2D eigenvalue weighted by Gasteiger charge is -2.17. The van der Waals surface area contributed by atoms with E-state index in [0.29, 0.717) is 6.54 Å². The maximum atomic E-state index is 13.1. The van der Waals surface area contributed by atoms with Gasteiger partial charge < -0.3 is 4.90 Å². The van der Waals surface area contributed by atoms with Gasteiger partial charge in [-0.2, -0.15) is 5.10 Å². The summed E-state index contributed by atoms with van der Waals surface area (Å²) in [6.45, 7) is 0.673. The maximum Gasteiger partial charge on any atom is 0.234 e. The Kier molecular flexibility index (Phi) is 3.61. The molecule has 0 radical (unpaired) electrons. The number of carbonyl (C=O) groups excluding carboxylic acids is 1. The second kappa shape index (κ2) is 5.92. The van der Waals surface area contributed by atoms with Crippen LogP contribution in [0.2, 0.25) is 0 Å². The van der Waals surface area contributed by atoms with E-state index in [1.165, 1.54) is 12.1 Å². The van der Waals surface area contributed by atoms with Gasteiger partial charge in [0, 0.05) is 24.0 Å². The van der Waals surface area contributed by atoms with Gasteiger partial charge in [0.2, 0.25) is 5.91 Å². The first-order chi connectivity index (χ1) is 11.7. The van der Waals surface area contributed by atoms with Crippen LogP contribution in [-0.2, 0) is 4.79 Å². The normalized spacial score (nSPS) is 17.5. The van der Waals surface area contributed by atoms with Crippen molar-refractivity contribution >= 4 is 11.6 Å². The third-order valence-corrected chi connectivity index (χ3v) is 4.49. The van der Waals surface area contributed by atoms with Crippen LogP contribution < -0.4 is 4.90 Å². The second-order valence-electron chi connectivity index (χ2n) is 5.92. The van der Waals surface area contributed by atoms with E-state index in [0.717, 1.165) is 28.8 Å². The van der Waals surface area contributed by atoms with E-state index in [9.17, 15) is 9.18 Å². The van der Waals surface area contributed by atoms with Gasteiger partial charge in [-0.25, -0.2) is 4.39 Å². The Bertz CT molecular complexity index is 841. The first kappa shape index (κ1) is 14.6. The number of nitrogens with zero attached hydrogens (tertiary/aromatic N) is 2. The summed E-state index contributed by atoms with van der Waals surface area (Å²) in [4.78, 5) is 14.5. The summed E-state index contributed by atoms with van der Waals surface area (Å²) in [5, 5.41) is 6.74. The van der Waals surface area contributed by atoms with Crippen LogP contribution in [0.25, 0.3) is 11.1 Å². The molecule has 1 aromatic heterocycles. The highest BCUT2D eigenvalue weighted by atomic mass is 19.1. The molecular weight excluding hydrogens is 305 g/mol. The van der Waals surface area contributed by atoms with Crippen LogP contribution in [0.5, 0.6) is 0 Å². The molecule has 0 spiro atoms. The fraction of sp³-hybridized carbons (Fsp3) is 0.158. The van der Waals surface area contributed by atoms with Crippen LogP contribution in [0, 0.1) is 5.82 Å². The fourth-order valence-electron chi connectivity index (χ4n) is 3.18. The minimum Gasteiger partial charge on any atom is -0.312 e. The molecule has 1 atom stereocenters. The van der Waals surface area contributed by atoms with E-state index in [2.05, 4.69) is 10.2 Å². The SMILES string of the molecule is O=C1C(c2ccc(F)cc2)CCN1c1ccc(-c2cn[nH]c2)cc1. The molecule has 0 aliphatic carbocycles. The molecule has 1 amide bonds. The van der Waals surface area contributed by atoms with Crippen LogP contribution in [0.4, 0.5) is 10.1 Å². The molecular formula is C19H16FN3O. The minimum atomic E-state index is -0.282. The average Bonchev–Trinajstić information content (AvgIpc) is 3.26. The van der Waals surface area contributed by atoms with Crippen molar-refractivity contribution in [3.8, 4) is 11.1 Å². The Balaban J connectivity index is 1.55. The van der Waals surface area contributed by atoms with Crippen LogP contribution in [0.3, 0.4) is 0 Å². The number of aromatic amines is 1. The minimum absolute atomic E-state index is 0.0673. The molecule has 5 heteroatoms. The number of hydrogen-bond acceptors (Lipinski definition) is 2. The number of benzene rings is 2. The number of nitrogens with one attached hydrogen (secondary N) is 1. The molecule has 1 saturated heterocycles. The van der Waals surface area contributed by atoms with Gasteiger partial charge in [-0.3, -0.25) is 9.89 Å². The smallest absolute Gasteiger partial charge is 0.234 e. The molecule has 1 aliphatic heterocycles. The number of amides is 1. The largest absolute Gasteiger partial charge is 0.312 e. The van der Waals surface area contributed by atoms with Crippen molar-refractivity contribution in [1.82, 2.24) is 10.2 Å². The number of H-pyrrole nitrogens is 1. The topological polar surface area (TPSA) is 49.0 Å². The predicted octanol–water partition coefficient (Wildman–Crippen LogP) is 3.74. The number of aromatic nitrogens is 2. The van der Waals surface area contributed by atoms with Gasteiger partial charge in [0.15, 0.2) is 0 Å². The second-order valence-corrected chi connectivity index (χ2v) is 5.92. The number of halogens is 1. The standard InChI is InChI=1S/C19H16FN3O/c20-16-5-1-14(2-6-16)18-9-10-23(19(18)24)17-7-3-13(4-8-17)15-11-21-22-12-15/h1-8,11-12,18H,9-10H2,(H,21,22). The summed E-state index contributed by atoms with van der Waals surface area (Å²) in [5.41, 5.74) is 3.82. The van der Waals surface area contributed by atoms with Gasteiger partial charge in [0.05, 0.1) is 12.1 Å². The molecule has 0 saturated carbocycles. The Hall–Kier alpha value is -2.95. The van der Waals surface area contributed by atoms with Crippen LogP contribution in [-0.4, -0.2) is 22.6 Å². The van der Waals surface area contributed by atoms with E-state index in [1.54, 1.807) is 23.2 Å². The van der Waals surface area contributed by atoms with E-state index >= 15 is 0 Å². The highest BCUT2D eigenvalue weighted by molar-refractivity contribution is 6.00. The van der Waals surface area contributed by atoms with E-state index in [4.69, 9.17) is 0 Å². The molecule has 0 bridgehead atoms. The van der Waals surface area contributed by atoms with Crippen molar-refractivity contribution in [3.05, 3.63) is 72.3 Å². The fourth-order valence-corrected chi connectivity index (χ4v) is 3.18. The monoisotopic (exact) mass is 321 g/mol. The van der Waals surface area contributed by atoms with Crippen LogP contribution >= 0.6 is 0 Å². The summed E-state index contributed by atoms with van der Waals surface area (Å²) in [6, 6.07) is 14.1. The quantitative estimate of drug-likeness (QED) is 0.799. The summed E-state index contributed by atoms with van der Waals surface area (Å²) in [6.07, 6.45) is 4.34. The molecule has 1 aliphatic rings.